The van der Waals surface area contributed by atoms with Crippen LogP contribution in [0.5, 0.6) is 0 Å². The zero-order valence-corrected chi connectivity index (χ0v) is 11.4. The fraction of sp³-hybridized carbons (Fsp3) is 0.846. The highest BCUT2D eigenvalue weighted by Crippen LogP contribution is 2.14. The molecule has 1 heterocycles. The lowest BCUT2D eigenvalue weighted by Crippen LogP contribution is -2.40. The quantitative estimate of drug-likeness (QED) is 0.764. The summed E-state index contributed by atoms with van der Waals surface area (Å²) in [5.74, 6) is 0.242. The molecule has 0 aromatic heterocycles. The van der Waals surface area contributed by atoms with Crippen LogP contribution in [-0.2, 0) is 14.3 Å². The molecule has 1 aliphatic heterocycles. The van der Waals surface area contributed by atoms with E-state index in [4.69, 9.17) is 4.74 Å². The number of rotatable bonds is 6. The van der Waals surface area contributed by atoms with Crippen LogP contribution in [0.2, 0.25) is 0 Å². The van der Waals surface area contributed by atoms with E-state index >= 15 is 0 Å². The number of ether oxygens (including phenoxy) is 1. The van der Waals surface area contributed by atoms with Crippen molar-refractivity contribution in [2.75, 3.05) is 32.8 Å². The minimum absolute atomic E-state index is 0.0668. The van der Waals surface area contributed by atoms with Crippen molar-refractivity contribution < 1.29 is 14.3 Å². The number of carbonyl (C=O) groups excluding carboxylic acids is 2. The molecule has 0 aromatic carbocycles. The summed E-state index contributed by atoms with van der Waals surface area (Å²) in [5.41, 5.74) is 0. The number of nitrogens with zero attached hydrogens (tertiary/aromatic N) is 1. The van der Waals surface area contributed by atoms with Gasteiger partial charge in [0.05, 0.1) is 0 Å². The highest BCUT2D eigenvalue weighted by atomic mass is 16.5. The van der Waals surface area contributed by atoms with Gasteiger partial charge in [0.25, 0.3) is 0 Å². The van der Waals surface area contributed by atoms with E-state index in [9.17, 15) is 9.59 Å². The normalized spacial score (nSPS) is 16.3. The molecule has 0 unspecified atom stereocenters. The first kappa shape index (κ1) is 15.0. The van der Waals surface area contributed by atoms with Crippen LogP contribution in [0.25, 0.3) is 0 Å². The zero-order valence-electron chi connectivity index (χ0n) is 11.4. The lowest BCUT2D eigenvalue weighted by molar-refractivity contribution is -0.131. The first-order valence-corrected chi connectivity index (χ1v) is 6.76. The number of carbonyl (C=O) groups is 2. The molecule has 0 aliphatic carbocycles. The number of hydrogen-bond acceptors (Lipinski definition) is 3. The molecule has 0 aromatic rings. The summed E-state index contributed by atoms with van der Waals surface area (Å²) < 4.78 is 5.22. The summed E-state index contributed by atoms with van der Waals surface area (Å²) in [7, 11) is 0. The van der Waals surface area contributed by atoms with E-state index in [1.165, 1.54) is 0 Å². The Balaban J connectivity index is 2.22. The second kappa shape index (κ2) is 8.08. The van der Waals surface area contributed by atoms with E-state index in [0.717, 1.165) is 25.8 Å². The lowest BCUT2D eigenvalue weighted by Gasteiger charge is -2.23. The largest absolute Gasteiger partial charge is 0.381 e. The summed E-state index contributed by atoms with van der Waals surface area (Å²) >= 11 is 0. The van der Waals surface area contributed by atoms with Gasteiger partial charge in [-0.25, -0.2) is 0 Å². The molecule has 1 aliphatic rings. The molecular formula is C13H24N2O3. The van der Waals surface area contributed by atoms with Crippen LogP contribution in [-0.4, -0.2) is 49.6 Å². The van der Waals surface area contributed by atoms with Gasteiger partial charge >= 0.3 is 0 Å². The highest BCUT2D eigenvalue weighted by molar-refractivity contribution is 5.78. The topological polar surface area (TPSA) is 58.6 Å². The summed E-state index contributed by atoms with van der Waals surface area (Å²) in [5, 5.41) is 2.91. The molecule has 5 nitrogen and oxygen atoms in total. The second-order valence-corrected chi connectivity index (χ2v) is 4.68. The first-order chi connectivity index (χ1) is 8.65. The summed E-state index contributed by atoms with van der Waals surface area (Å²) in [6, 6.07) is 0. The zero-order chi connectivity index (χ0) is 13.4. The van der Waals surface area contributed by atoms with Crippen molar-refractivity contribution in [1.29, 1.82) is 0 Å². The van der Waals surface area contributed by atoms with Crippen LogP contribution in [0.1, 0.15) is 33.1 Å². The smallest absolute Gasteiger partial charge is 0.223 e. The molecular weight excluding hydrogens is 232 g/mol. The van der Waals surface area contributed by atoms with Crippen molar-refractivity contribution in [3.63, 3.8) is 0 Å². The number of nitrogens with one attached hydrogen (secondary N) is 1. The predicted octanol–water partition coefficient (Wildman–Crippen LogP) is 0.788. The van der Waals surface area contributed by atoms with E-state index in [-0.39, 0.29) is 17.7 Å². The van der Waals surface area contributed by atoms with Crippen LogP contribution in [0.4, 0.5) is 0 Å². The van der Waals surface area contributed by atoms with Gasteiger partial charge in [0.15, 0.2) is 0 Å². The molecule has 104 valence electrons. The number of hydrogen-bond donors (Lipinski definition) is 1. The Morgan fingerprint density at radius 2 is 1.94 bits per heavy atom. The summed E-state index contributed by atoms with van der Waals surface area (Å²) in [6.45, 7) is 6.84. The molecule has 1 fully saturated rings. The fourth-order valence-corrected chi connectivity index (χ4v) is 2.11. The Morgan fingerprint density at radius 1 is 1.28 bits per heavy atom. The van der Waals surface area contributed by atoms with E-state index in [1.54, 1.807) is 11.8 Å². The minimum Gasteiger partial charge on any atom is -0.381 e. The molecule has 0 bridgehead atoms. The van der Waals surface area contributed by atoms with Crippen molar-refractivity contribution in [1.82, 2.24) is 10.2 Å². The lowest BCUT2D eigenvalue weighted by atomic mass is 9.99. The monoisotopic (exact) mass is 256 g/mol. The molecule has 1 saturated heterocycles. The summed E-state index contributed by atoms with van der Waals surface area (Å²) in [4.78, 5) is 24.9. The van der Waals surface area contributed by atoms with Crippen molar-refractivity contribution >= 4 is 11.8 Å². The van der Waals surface area contributed by atoms with Crippen LogP contribution in [0.15, 0.2) is 0 Å². The Hall–Kier alpha value is -1.10. The van der Waals surface area contributed by atoms with Crippen molar-refractivity contribution in [3.05, 3.63) is 0 Å². The number of amides is 2. The Morgan fingerprint density at radius 3 is 2.50 bits per heavy atom. The maximum absolute atomic E-state index is 11.8. The molecule has 2 amide bonds. The van der Waals surface area contributed by atoms with Gasteiger partial charge in [0.2, 0.25) is 11.8 Å². The maximum Gasteiger partial charge on any atom is 0.223 e. The van der Waals surface area contributed by atoms with Gasteiger partial charge in [-0.1, -0.05) is 6.92 Å². The fourth-order valence-electron chi connectivity index (χ4n) is 2.11. The standard InChI is InChI=1S/C13H24N2O3/c1-3-7-15(11(2)16)8-6-14-13(17)12-4-9-18-10-5-12/h12H,3-10H2,1-2H3,(H,14,17). The van der Waals surface area contributed by atoms with Crippen molar-refractivity contribution in [2.45, 2.75) is 33.1 Å². The van der Waals surface area contributed by atoms with Gasteiger partial charge in [-0.3, -0.25) is 9.59 Å². The third-order valence-corrected chi connectivity index (χ3v) is 3.21. The van der Waals surface area contributed by atoms with Gasteiger partial charge in [0.1, 0.15) is 0 Å². The van der Waals surface area contributed by atoms with Gasteiger partial charge in [-0.15, -0.1) is 0 Å². The SMILES string of the molecule is CCCN(CCNC(=O)C1CCOCC1)C(C)=O. The molecule has 0 spiro atoms. The van der Waals surface area contributed by atoms with Gasteiger partial charge in [-0.05, 0) is 19.3 Å². The first-order valence-electron chi connectivity index (χ1n) is 6.76. The minimum atomic E-state index is 0.0668. The van der Waals surface area contributed by atoms with E-state index in [2.05, 4.69) is 5.32 Å². The van der Waals surface area contributed by atoms with E-state index in [0.29, 0.717) is 26.3 Å². The Bertz CT molecular complexity index is 275. The molecule has 0 radical (unpaired) electrons. The Kier molecular flexibility index (Phi) is 6.72. The van der Waals surface area contributed by atoms with Crippen molar-refractivity contribution in [3.8, 4) is 0 Å². The molecule has 0 atom stereocenters. The van der Waals surface area contributed by atoms with Crippen LogP contribution < -0.4 is 5.32 Å². The summed E-state index contributed by atoms with van der Waals surface area (Å²) in [6.07, 6.45) is 2.54. The van der Waals surface area contributed by atoms with Crippen LogP contribution in [0.3, 0.4) is 0 Å². The average molecular weight is 256 g/mol. The van der Waals surface area contributed by atoms with Gasteiger partial charge in [-0.2, -0.15) is 0 Å². The van der Waals surface area contributed by atoms with Crippen LogP contribution >= 0.6 is 0 Å². The van der Waals surface area contributed by atoms with E-state index < -0.39 is 0 Å². The predicted molar refractivity (Wildman–Crippen MR) is 69.1 cm³/mol. The third kappa shape index (κ3) is 5.04. The average Bonchev–Trinajstić information content (AvgIpc) is 2.38. The van der Waals surface area contributed by atoms with Gasteiger partial charge < -0.3 is 15.0 Å². The second-order valence-electron chi connectivity index (χ2n) is 4.68. The Labute approximate surface area is 109 Å². The maximum atomic E-state index is 11.8. The third-order valence-electron chi connectivity index (χ3n) is 3.21. The van der Waals surface area contributed by atoms with Crippen molar-refractivity contribution in [2.24, 2.45) is 5.92 Å². The van der Waals surface area contributed by atoms with Gasteiger partial charge in [0, 0.05) is 45.7 Å². The van der Waals surface area contributed by atoms with Crippen LogP contribution in [0, 0.1) is 5.92 Å². The molecule has 5 heteroatoms. The van der Waals surface area contributed by atoms with E-state index in [1.807, 2.05) is 6.92 Å². The molecule has 1 N–H and O–H groups in total. The molecule has 0 saturated carbocycles. The highest BCUT2D eigenvalue weighted by Gasteiger charge is 2.21. The molecule has 1 rings (SSSR count). The molecule has 18 heavy (non-hydrogen) atoms.